The number of ether oxygens (including phenoxy) is 2. The molecule has 0 aromatic heterocycles. The molecule has 1 atom stereocenters. The highest BCUT2D eigenvalue weighted by molar-refractivity contribution is 5.82. The molecule has 6 nitrogen and oxygen atoms in total. The van der Waals surface area contributed by atoms with Crippen LogP contribution in [0.5, 0.6) is 0 Å². The highest BCUT2D eigenvalue weighted by atomic mass is 16.6. The van der Waals surface area contributed by atoms with Crippen LogP contribution in [-0.2, 0) is 14.3 Å². The normalized spacial score (nSPS) is 13.9. The lowest BCUT2D eigenvalue weighted by atomic mass is 9.98. The fourth-order valence-electron chi connectivity index (χ4n) is 3.53. The third-order valence-corrected chi connectivity index (χ3v) is 4.75. The van der Waals surface area contributed by atoms with Gasteiger partial charge in [-0.15, -0.1) is 0 Å². The maximum atomic E-state index is 12.6. The molecule has 0 heterocycles. The first-order valence-corrected chi connectivity index (χ1v) is 9.75. The molecule has 1 amide bonds. The van der Waals surface area contributed by atoms with E-state index in [1.807, 2.05) is 36.4 Å². The minimum absolute atomic E-state index is 0.0515. The topological polar surface area (TPSA) is 84.9 Å². The summed E-state index contributed by atoms with van der Waals surface area (Å²) in [6.07, 6.45) is -0.667. The van der Waals surface area contributed by atoms with Crippen molar-refractivity contribution in [2.75, 3.05) is 13.2 Å². The minimum Gasteiger partial charge on any atom is -0.463 e. The fraction of sp³-hybridized carbons (Fsp3) is 0.391. The molecular weight excluding hydrogens is 370 g/mol. The summed E-state index contributed by atoms with van der Waals surface area (Å²) < 4.78 is 10.8. The number of rotatable bonds is 6. The SMILES string of the molecule is CC(C)(C)OC(=O)N[C@@H](CCO)C(=O)OCC1c2ccccc2-c2ccccc21. The summed E-state index contributed by atoms with van der Waals surface area (Å²) in [5.74, 6) is -0.658. The van der Waals surface area contributed by atoms with Crippen LogP contribution in [0.25, 0.3) is 11.1 Å². The van der Waals surface area contributed by atoms with E-state index in [1.54, 1.807) is 20.8 Å². The average molecular weight is 397 g/mol. The number of fused-ring (bicyclic) bond motifs is 3. The average Bonchev–Trinajstić information content (AvgIpc) is 2.98. The number of nitrogens with one attached hydrogen (secondary N) is 1. The highest BCUT2D eigenvalue weighted by Crippen LogP contribution is 2.44. The number of amides is 1. The zero-order valence-electron chi connectivity index (χ0n) is 17.0. The molecule has 1 aliphatic carbocycles. The van der Waals surface area contributed by atoms with Crippen LogP contribution in [0.1, 0.15) is 44.2 Å². The molecule has 0 unspecified atom stereocenters. The second kappa shape index (κ2) is 8.66. The molecule has 1 aliphatic rings. The summed E-state index contributed by atoms with van der Waals surface area (Å²) in [5.41, 5.74) is 3.82. The largest absolute Gasteiger partial charge is 0.463 e. The monoisotopic (exact) mass is 397 g/mol. The summed E-state index contributed by atoms with van der Waals surface area (Å²) in [6.45, 7) is 5.11. The Balaban J connectivity index is 1.69. The fourth-order valence-corrected chi connectivity index (χ4v) is 3.53. The number of carbonyl (C=O) groups excluding carboxylic acids is 2. The Kier molecular flexibility index (Phi) is 6.23. The van der Waals surface area contributed by atoms with Crippen molar-refractivity contribution in [2.24, 2.45) is 0 Å². The van der Waals surface area contributed by atoms with Crippen LogP contribution in [0.2, 0.25) is 0 Å². The van der Waals surface area contributed by atoms with Crippen molar-refractivity contribution < 1.29 is 24.2 Å². The lowest BCUT2D eigenvalue weighted by Crippen LogP contribution is -2.45. The standard InChI is InChI=1S/C23H27NO5/c1-23(2,3)29-22(27)24-20(12-13-25)21(26)28-14-19-17-10-6-4-8-15(17)16-9-5-7-11-18(16)19/h4-11,19-20,25H,12-14H2,1-3H3,(H,24,27)/t20-/m0/s1. The van der Waals surface area contributed by atoms with Gasteiger partial charge < -0.3 is 19.9 Å². The summed E-state index contributed by atoms with van der Waals surface area (Å²) in [5, 5.41) is 11.8. The molecule has 0 fully saturated rings. The molecule has 0 bridgehead atoms. The Hall–Kier alpha value is -2.86. The van der Waals surface area contributed by atoms with Gasteiger partial charge in [-0.2, -0.15) is 0 Å². The third kappa shape index (κ3) is 4.95. The van der Waals surface area contributed by atoms with Crippen LogP contribution in [0.3, 0.4) is 0 Å². The number of alkyl carbamates (subject to hydrolysis) is 1. The van der Waals surface area contributed by atoms with Crippen molar-refractivity contribution in [2.45, 2.75) is 44.8 Å². The van der Waals surface area contributed by atoms with E-state index in [4.69, 9.17) is 9.47 Å². The van der Waals surface area contributed by atoms with E-state index >= 15 is 0 Å². The molecular formula is C23H27NO5. The molecule has 154 valence electrons. The van der Waals surface area contributed by atoms with Gasteiger partial charge in [-0.05, 0) is 43.0 Å². The summed E-state index contributed by atoms with van der Waals surface area (Å²) in [6, 6.07) is 15.2. The molecule has 0 radical (unpaired) electrons. The molecule has 0 saturated heterocycles. The summed E-state index contributed by atoms with van der Waals surface area (Å²) in [7, 11) is 0. The summed E-state index contributed by atoms with van der Waals surface area (Å²) >= 11 is 0. The van der Waals surface area contributed by atoms with Crippen molar-refractivity contribution in [3.63, 3.8) is 0 Å². The van der Waals surface area contributed by atoms with E-state index in [-0.39, 0.29) is 25.6 Å². The Morgan fingerprint density at radius 3 is 2.10 bits per heavy atom. The van der Waals surface area contributed by atoms with E-state index in [2.05, 4.69) is 17.4 Å². The lowest BCUT2D eigenvalue weighted by molar-refractivity contribution is -0.146. The zero-order valence-corrected chi connectivity index (χ0v) is 17.0. The van der Waals surface area contributed by atoms with Crippen LogP contribution >= 0.6 is 0 Å². The quantitative estimate of drug-likeness (QED) is 0.728. The second-order valence-corrected chi connectivity index (χ2v) is 8.07. The van der Waals surface area contributed by atoms with Crippen LogP contribution in [0, 0.1) is 0 Å². The molecule has 29 heavy (non-hydrogen) atoms. The lowest BCUT2D eigenvalue weighted by Gasteiger charge is -2.23. The Labute approximate surface area is 170 Å². The first kappa shape index (κ1) is 20.9. The number of benzene rings is 2. The van der Waals surface area contributed by atoms with Crippen molar-refractivity contribution in [3.05, 3.63) is 59.7 Å². The Morgan fingerprint density at radius 1 is 1.03 bits per heavy atom. The van der Waals surface area contributed by atoms with Gasteiger partial charge in [-0.25, -0.2) is 9.59 Å². The molecule has 0 aliphatic heterocycles. The molecule has 2 aromatic carbocycles. The van der Waals surface area contributed by atoms with Gasteiger partial charge in [0.15, 0.2) is 0 Å². The predicted molar refractivity (Wildman–Crippen MR) is 110 cm³/mol. The third-order valence-electron chi connectivity index (χ3n) is 4.75. The van der Waals surface area contributed by atoms with Gasteiger partial charge in [-0.3, -0.25) is 0 Å². The number of carbonyl (C=O) groups is 2. The van der Waals surface area contributed by atoms with Crippen LogP contribution in [-0.4, -0.2) is 42.0 Å². The molecule has 6 heteroatoms. The Morgan fingerprint density at radius 2 is 1.59 bits per heavy atom. The van der Waals surface area contributed by atoms with Crippen molar-refractivity contribution in [1.82, 2.24) is 5.32 Å². The second-order valence-electron chi connectivity index (χ2n) is 8.07. The first-order valence-electron chi connectivity index (χ1n) is 9.75. The maximum absolute atomic E-state index is 12.6. The van der Waals surface area contributed by atoms with Gasteiger partial charge in [-0.1, -0.05) is 48.5 Å². The van der Waals surface area contributed by atoms with E-state index < -0.39 is 23.7 Å². The van der Waals surface area contributed by atoms with Gasteiger partial charge in [0, 0.05) is 18.9 Å². The van der Waals surface area contributed by atoms with Crippen LogP contribution < -0.4 is 5.32 Å². The number of hydrogen-bond acceptors (Lipinski definition) is 5. The van der Waals surface area contributed by atoms with E-state index in [0.29, 0.717) is 0 Å². The van der Waals surface area contributed by atoms with Crippen molar-refractivity contribution in [1.29, 1.82) is 0 Å². The van der Waals surface area contributed by atoms with E-state index in [9.17, 15) is 14.7 Å². The number of aliphatic hydroxyl groups is 1. The van der Waals surface area contributed by atoms with Crippen LogP contribution in [0.15, 0.2) is 48.5 Å². The highest BCUT2D eigenvalue weighted by Gasteiger charge is 2.31. The van der Waals surface area contributed by atoms with E-state index in [0.717, 1.165) is 22.3 Å². The van der Waals surface area contributed by atoms with Crippen molar-refractivity contribution >= 4 is 12.1 Å². The van der Waals surface area contributed by atoms with Gasteiger partial charge in [0.25, 0.3) is 0 Å². The zero-order chi connectivity index (χ0) is 21.0. The minimum atomic E-state index is -0.971. The van der Waals surface area contributed by atoms with Crippen molar-refractivity contribution in [3.8, 4) is 11.1 Å². The molecule has 2 aromatic rings. The van der Waals surface area contributed by atoms with E-state index in [1.165, 1.54) is 0 Å². The first-order chi connectivity index (χ1) is 13.8. The smallest absolute Gasteiger partial charge is 0.408 e. The van der Waals surface area contributed by atoms with Crippen LogP contribution in [0.4, 0.5) is 4.79 Å². The van der Waals surface area contributed by atoms with Gasteiger partial charge in [0.05, 0.1) is 0 Å². The predicted octanol–water partition coefficient (Wildman–Crippen LogP) is 3.62. The maximum Gasteiger partial charge on any atom is 0.408 e. The van der Waals surface area contributed by atoms with Gasteiger partial charge >= 0.3 is 12.1 Å². The summed E-state index contributed by atoms with van der Waals surface area (Å²) in [4.78, 5) is 24.6. The number of esters is 1. The van der Waals surface area contributed by atoms with Gasteiger partial charge in [0.2, 0.25) is 0 Å². The number of aliphatic hydroxyl groups excluding tert-OH is 1. The molecule has 0 spiro atoms. The Bertz CT molecular complexity index is 841. The number of hydrogen-bond donors (Lipinski definition) is 2. The molecule has 3 rings (SSSR count). The molecule has 2 N–H and O–H groups in total. The van der Waals surface area contributed by atoms with Gasteiger partial charge in [0.1, 0.15) is 18.2 Å². The molecule has 0 saturated carbocycles.